The lowest BCUT2D eigenvalue weighted by atomic mass is 10.0. The highest BCUT2D eigenvalue weighted by Crippen LogP contribution is 2.27. The van der Waals surface area contributed by atoms with Crippen LogP contribution in [0.25, 0.3) is 0 Å². The van der Waals surface area contributed by atoms with Gasteiger partial charge in [0, 0.05) is 56.9 Å². The number of piperidine rings is 1. The fraction of sp³-hybridized carbons (Fsp3) is 0.407. The molecular formula is C27H32N4O5. The highest BCUT2D eigenvalue weighted by molar-refractivity contribution is 6.00. The lowest BCUT2D eigenvalue weighted by Crippen LogP contribution is -2.50. The van der Waals surface area contributed by atoms with Gasteiger partial charge in [0.05, 0.1) is 12.7 Å². The van der Waals surface area contributed by atoms with Gasteiger partial charge in [-0.2, -0.15) is 0 Å². The smallest absolute Gasteiger partial charge is 0.302 e. The summed E-state index contributed by atoms with van der Waals surface area (Å²) < 4.78 is 11.4. The van der Waals surface area contributed by atoms with Crippen molar-refractivity contribution in [3.63, 3.8) is 0 Å². The van der Waals surface area contributed by atoms with E-state index in [0.29, 0.717) is 56.6 Å². The van der Waals surface area contributed by atoms with E-state index in [1.54, 1.807) is 34.1 Å². The van der Waals surface area contributed by atoms with E-state index in [0.717, 1.165) is 5.56 Å². The number of carbonyl (C=O) groups excluding carboxylic acids is 3. The molecule has 9 nitrogen and oxygen atoms in total. The van der Waals surface area contributed by atoms with Crippen LogP contribution in [0, 0.1) is 5.41 Å². The number of ether oxygens (including phenoxy) is 2. The maximum atomic E-state index is 13.6. The second-order valence-electron chi connectivity index (χ2n) is 9.25. The van der Waals surface area contributed by atoms with Gasteiger partial charge in [-0.25, -0.2) is 0 Å². The zero-order valence-electron chi connectivity index (χ0n) is 20.4. The quantitative estimate of drug-likeness (QED) is 0.347. The van der Waals surface area contributed by atoms with E-state index >= 15 is 0 Å². The molecule has 0 aliphatic carbocycles. The van der Waals surface area contributed by atoms with Gasteiger partial charge in [0.15, 0.2) is 0 Å². The number of amidine groups is 1. The molecule has 0 saturated carbocycles. The summed E-state index contributed by atoms with van der Waals surface area (Å²) in [4.78, 5) is 41.7. The van der Waals surface area contributed by atoms with E-state index < -0.39 is 6.04 Å². The van der Waals surface area contributed by atoms with Crippen molar-refractivity contribution in [3.8, 4) is 0 Å². The van der Waals surface area contributed by atoms with Gasteiger partial charge in [0.2, 0.25) is 5.91 Å². The summed E-state index contributed by atoms with van der Waals surface area (Å²) in [5.74, 6) is -0.767. The van der Waals surface area contributed by atoms with Crippen LogP contribution in [0.3, 0.4) is 0 Å². The molecule has 2 aromatic carbocycles. The first-order chi connectivity index (χ1) is 17.3. The minimum Gasteiger partial charge on any atom is -0.462 e. The molecule has 0 aromatic heterocycles. The van der Waals surface area contributed by atoms with Crippen LogP contribution < -0.4 is 5.73 Å². The van der Waals surface area contributed by atoms with Crippen LogP contribution in [0.15, 0.2) is 54.6 Å². The second kappa shape index (κ2) is 11.3. The van der Waals surface area contributed by atoms with Crippen molar-refractivity contribution < 1.29 is 23.9 Å². The number of hydrogen-bond donors (Lipinski definition) is 2. The number of rotatable bonds is 7. The van der Waals surface area contributed by atoms with Crippen LogP contribution in [-0.4, -0.2) is 71.3 Å². The Balaban J connectivity index is 1.47. The highest BCUT2D eigenvalue weighted by atomic mass is 16.5. The van der Waals surface area contributed by atoms with Crippen molar-refractivity contribution in [2.45, 2.75) is 51.0 Å². The zero-order chi connectivity index (χ0) is 25.7. The van der Waals surface area contributed by atoms with Crippen LogP contribution in [0.4, 0.5) is 0 Å². The first-order valence-electron chi connectivity index (χ1n) is 12.2. The Bertz CT molecular complexity index is 1100. The molecule has 4 rings (SSSR count). The number of nitrogens with one attached hydrogen (secondary N) is 1. The van der Waals surface area contributed by atoms with Crippen LogP contribution in [0.5, 0.6) is 0 Å². The number of amides is 2. The molecule has 2 aromatic rings. The maximum absolute atomic E-state index is 13.6. The van der Waals surface area contributed by atoms with Gasteiger partial charge in [-0.1, -0.05) is 42.5 Å². The van der Waals surface area contributed by atoms with Gasteiger partial charge in [-0.3, -0.25) is 19.8 Å². The number of benzene rings is 2. The lowest BCUT2D eigenvalue weighted by Gasteiger charge is -2.35. The average molecular weight is 493 g/mol. The molecule has 3 N–H and O–H groups in total. The van der Waals surface area contributed by atoms with E-state index in [-0.39, 0.29) is 35.8 Å². The molecule has 0 spiro atoms. The van der Waals surface area contributed by atoms with Crippen molar-refractivity contribution in [2.75, 3.05) is 19.6 Å². The number of likely N-dealkylation sites (tertiary alicyclic amines) is 2. The molecule has 0 radical (unpaired) electrons. The van der Waals surface area contributed by atoms with Gasteiger partial charge >= 0.3 is 5.97 Å². The number of esters is 1. The number of nitrogen functional groups attached to an aromatic ring is 1. The third-order valence-corrected chi connectivity index (χ3v) is 6.67. The van der Waals surface area contributed by atoms with Crippen LogP contribution >= 0.6 is 0 Å². The summed E-state index contributed by atoms with van der Waals surface area (Å²) in [5.41, 5.74) is 7.52. The SMILES string of the molecule is CC(=O)OC1CCN(C(=O)[C@H]2C[C@@H](OCc3ccccc3)CN2C(=O)c2ccc(C(=N)N)cc2)CC1. The zero-order valence-corrected chi connectivity index (χ0v) is 20.4. The van der Waals surface area contributed by atoms with E-state index in [2.05, 4.69) is 0 Å². The monoisotopic (exact) mass is 492 g/mol. The van der Waals surface area contributed by atoms with Gasteiger partial charge in [0.1, 0.15) is 18.0 Å². The Labute approximate surface area is 210 Å². The van der Waals surface area contributed by atoms with E-state index in [1.165, 1.54) is 6.92 Å². The molecule has 2 fully saturated rings. The van der Waals surface area contributed by atoms with Gasteiger partial charge in [-0.15, -0.1) is 0 Å². The molecule has 0 bridgehead atoms. The van der Waals surface area contributed by atoms with Crippen LogP contribution in [-0.2, 0) is 25.7 Å². The standard InChI is InChI=1S/C27H32N4O5/c1-18(32)36-22-11-13-30(14-12-22)27(34)24-15-23(35-17-19-5-3-2-4-6-19)16-31(24)26(33)21-9-7-20(8-10-21)25(28)29/h2-10,22-24H,11-17H2,1H3,(H3,28,29)/t23-,24-/m1/s1. The highest BCUT2D eigenvalue weighted by Gasteiger charge is 2.42. The molecule has 2 aliphatic heterocycles. The Morgan fingerprint density at radius 3 is 2.22 bits per heavy atom. The molecule has 2 heterocycles. The van der Waals surface area contributed by atoms with Crippen molar-refractivity contribution in [2.24, 2.45) is 5.73 Å². The lowest BCUT2D eigenvalue weighted by molar-refractivity contribution is -0.150. The third-order valence-electron chi connectivity index (χ3n) is 6.67. The average Bonchev–Trinajstić information content (AvgIpc) is 3.31. The number of nitrogens with two attached hydrogens (primary N) is 1. The van der Waals surface area contributed by atoms with Crippen LogP contribution in [0.1, 0.15) is 47.7 Å². The van der Waals surface area contributed by atoms with Gasteiger partial charge in [-0.05, 0) is 17.7 Å². The molecule has 190 valence electrons. The minimum atomic E-state index is -0.643. The fourth-order valence-electron chi connectivity index (χ4n) is 4.76. The van der Waals surface area contributed by atoms with E-state index in [9.17, 15) is 14.4 Å². The van der Waals surface area contributed by atoms with Crippen molar-refractivity contribution in [1.29, 1.82) is 5.41 Å². The predicted molar refractivity (Wildman–Crippen MR) is 133 cm³/mol. The third kappa shape index (κ3) is 6.09. The number of hydrogen-bond acceptors (Lipinski definition) is 6. The first-order valence-corrected chi connectivity index (χ1v) is 12.2. The first kappa shape index (κ1) is 25.4. The molecule has 36 heavy (non-hydrogen) atoms. The number of nitrogens with zero attached hydrogens (tertiary/aromatic N) is 2. The Morgan fingerprint density at radius 1 is 0.972 bits per heavy atom. The summed E-state index contributed by atoms with van der Waals surface area (Å²) in [6, 6.07) is 15.7. The second-order valence-corrected chi connectivity index (χ2v) is 9.25. The van der Waals surface area contributed by atoms with E-state index in [1.807, 2.05) is 30.3 Å². The fourth-order valence-corrected chi connectivity index (χ4v) is 4.76. The summed E-state index contributed by atoms with van der Waals surface area (Å²) in [5, 5.41) is 7.57. The largest absolute Gasteiger partial charge is 0.462 e. The van der Waals surface area contributed by atoms with Gasteiger partial charge in [0.25, 0.3) is 5.91 Å². The Kier molecular flexibility index (Phi) is 8.00. The molecule has 2 amide bonds. The topological polar surface area (TPSA) is 126 Å². The molecule has 2 saturated heterocycles. The summed E-state index contributed by atoms with van der Waals surface area (Å²) in [6.45, 7) is 3.03. The minimum absolute atomic E-state index is 0.0743. The predicted octanol–water partition coefficient (Wildman–Crippen LogP) is 2.32. The van der Waals surface area contributed by atoms with Crippen molar-refractivity contribution >= 4 is 23.6 Å². The van der Waals surface area contributed by atoms with Gasteiger partial charge < -0.3 is 25.0 Å². The summed E-state index contributed by atoms with van der Waals surface area (Å²) in [7, 11) is 0. The van der Waals surface area contributed by atoms with Crippen molar-refractivity contribution in [3.05, 3.63) is 71.3 Å². The summed E-state index contributed by atoms with van der Waals surface area (Å²) >= 11 is 0. The molecule has 2 atom stereocenters. The van der Waals surface area contributed by atoms with Crippen molar-refractivity contribution in [1.82, 2.24) is 9.80 Å². The molecule has 9 heteroatoms. The molecular weight excluding hydrogens is 460 g/mol. The molecule has 2 aliphatic rings. The Hall–Kier alpha value is -3.72. The van der Waals surface area contributed by atoms with Crippen LogP contribution in [0.2, 0.25) is 0 Å². The normalized spacial score (nSPS) is 20.2. The molecule has 0 unspecified atom stereocenters. The number of carbonyl (C=O) groups is 3. The maximum Gasteiger partial charge on any atom is 0.302 e. The van der Waals surface area contributed by atoms with E-state index in [4.69, 9.17) is 20.6 Å². The summed E-state index contributed by atoms with van der Waals surface area (Å²) in [6.07, 6.45) is 1.10. The Morgan fingerprint density at radius 2 is 1.61 bits per heavy atom.